The van der Waals surface area contributed by atoms with Crippen molar-refractivity contribution in [3.63, 3.8) is 0 Å². The second-order valence-electron chi connectivity index (χ2n) is 8.19. The van der Waals surface area contributed by atoms with E-state index in [1.54, 1.807) is 11.8 Å². The van der Waals surface area contributed by atoms with Crippen LogP contribution in [0.2, 0.25) is 0 Å². The number of rotatable bonds is 7. The molecule has 0 aliphatic carbocycles. The van der Waals surface area contributed by atoms with Crippen molar-refractivity contribution in [2.45, 2.75) is 23.5 Å². The predicted molar refractivity (Wildman–Crippen MR) is 135 cm³/mol. The maximum Gasteiger partial charge on any atom is 0.304 e. The van der Waals surface area contributed by atoms with Gasteiger partial charge >= 0.3 is 5.97 Å². The molecule has 1 aliphatic rings. The molecule has 2 heterocycles. The third kappa shape index (κ3) is 4.94. The number of hydrogen-bond acceptors (Lipinski definition) is 5. The van der Waals surface area contributed by atoms with Gasteiger partial charge in [-0.05, 0) is 28.8 Å². The van der Waals surface area contributed by atoms with E-state index in [0.29, 0.717) is 13.2 Å². The number of ether oxygens (including phenoxy) is 1. The summed E-state index contributed by atoms with van der Waals surface area (Å²) in [5.41, 5.74) is 5.23. The van der Waals surface area contributed by atoms with Crippen LogP contribution < -0.4 is 10.1 Å². The van der Waals surface area contributed by atoms with Gasteiger partial charge in [0, 0.05) is 17.4 Å². The number of anilines is 1. The number of aromatic amines is 1. The quantitative estimate of drug-likeness (QED) is 0.318. The number of nitrogens with one attached hydrogen (secondary N) is 2. The van der Waals surface area contributed by atoms with Gasteiger partial charge in [0.2, 0.25) is 0 Å². The van der Waals surface area contributed by atoms with Crippen molar-refractivity contribution in [1.29, 1.82) is 0 Å². The van der Waals surface area contributed by atoms with Crippen LogP contribution in [-0.4, -0.2) is 33.1 Å². The number of H-pyrrole nitrogens is 1. The fourth-order valence-corrected chi connectivity index (χ4v) is 5.61. The Bertz CT molecular complexity index is 1240. The molecule has 0 radical (unpaired) electrons. The van der Waals surface area contributed by atoms with Crippen molar-refractivity contribution >= 4 is 23.5 Å². The maximum absolute atomic E-state index is 11.5. The molecule has 0 saturated carbocycles. The molecule has 0 spiro atoms. The Hall–Kier alpha value is -3.71. The Morgan fingerprint density at radius 2 is 1.71 bits per heavy atom. The van der Waals surface area contributed by atoms with Gasteiger partial charge in [0.25, 0.3) is 0 Å². The summed E-state index contributed by atoms with van der Waals surface area (Å²) in [5.74, 6) is 0.767. The minimum atomic E-state index is -0.799. The van der Waals surface area contributed by atoms with E-state index in [-0.39, 0.29) is 16.9 Å². The van der Waals surface area contributed by atoms with Crippen molar-refractivity contribution in [3.05, 3.63) is 102 Å². The number of carboxylic acid groups (broad SMARTS) is 1. The minimum absolute atomic E-state index is 0.0773. The normalized spacial score (nSPS) is 17.3. The number of aliphatic carboxylic acids is 1. The molecule has 4 aromatic rings. The van der Waals surface area contributed by atoms with E-state index in [1.807, 2.05) is 60.7 Å². The third-order valence-electron chi connectivity index (χ3n) is 5.79. The molecular formula is C27H25N3O3S. The summed E-state index contributed by atoms with van der Waals surface area (Å²) in [4.78, 5) is 11.5. The van der Waals surface area contributed by atoms with Crippen molar-refractivity contribution in [1.82, 2.24) is 10.2 Å². The molecule has 1 aromatic heterocycles. The molecule has 0 fully saturated rings. The molecule has 1 aliphatic heterocycles. The molecule has 0 amide bonds. The zero-order valence-corrected chi connectivity index (χ0v) is 19.3. The average Bonchev–Trinajstić information content (AvgIpc) is 3.21. The molecule has 2 atom stereocenters. The second kappa shape index (κ2) is 10.1. The number of benzene rings is 3. The average molecular weight is 472 g/mol. The highest BCUT2D eigenvalue weighted by molar-refractivity contribution is 8.00. The maximum atomic E-state index is 11.5. The van der Waals surface area contributed by atoms with Gasteiger partial charge in [-0.15, -0.1) is 11.8 Å². The zero-order valence-electron chi connectivity index (χ0n) is 18.5. The van der Waals surface area contributed by atoms with Crippen LogP contribution in [0.3, 0.4) is 0 Å². The van der Waals surface area contributed by atoms with Gasteiger partial charge in [0.1, 0.15) is 12.4 Å². The van der Waals surface area contributed by atoms with E-state index in [2.05, 4.69) is 39.8 Å². The fourth-order valence-electron chi connectivity index (χ4n) is 4.12. The highest BCUT2D eigenvalue weighted by atomic mass is 32.2. The largest absolute Gasteiger partial charge is 0.489 e. The number of aromatic nitrogens is 2. The molecule has 3 aromatic carbocycles. The predicted octanol–water partition coefficient (Wildman–Crippen LogP) is 5.75. The molecule has 7 heteroatoms. The first-order valence-electron chi connectivity index (χ1n) is 11.2. The van der Waals surface area contributed by atoms with Crippen LogP contribution in [0.5, 0.6) is 5.75 Å². The van der Waals surface area contributed by atoms with Crippen LogP contribution in [0.4, 0.5) is 5.82 Å². The minimum Gasteiger partial charge on any atom is -0.489 e. The van der Waals surface area contributed by atoms with Crippen LogP contribution in [0.15, 0.2) is 84.9 Å². The number of carbonyl (C=O) groups is 1. The van der Waals surface area contributed by atoms with E-state index in [9.17, 15) is 9.90 Å². The van der Waals surface area contributed by atoms with Gasteiger partial charge in [0.15, 0.2) is 5.82 Å². The number of hydrogen-bond donors (Lipinski definition) is 3. The first-order valence-corrected chi connectivity index (χ1v) is 12.1. The lowest BCUT2D eigenvalue weighted by atomic mass is 10.00. The van der Waals surface area contributed by atoms with Crippen LogP contribution in [0.25, 0.3) is 11.3 Å². The fraction of sp³-hybridized carbons (Fsp3) is 0.185. The Kier molecular flexibility index (Phi) is 6.53. The molecule has 2 unspecified atom stereocenters. The molecule has 3 N–H and O–H groups in total. The molecule has 34 heavy (non-hydrogen) atoms. The van der Waals surface area contributed by atoms with Crippen molar-refractivity contribution in [2.75, 3.05) is 11.9 Å². The van der Waals surface area contributed by atoms with Crippen LogP contribution in [0.1, 0.15) is 28.4 Å². The highest BCUT2D eigenvalue weighted by Gasteiger charge is 2.32. The van der Waals surface area contributed by atoms with Crippen molar-refractivity contribution < 1.29 is 14.6 Å². The molecule has 172 valence electrons. The van der Waals surface area contributed by atoms with Gasteiger partial charge in [-0.2, -0.15) is 5.10 Å². The first kappa shape index (κ1) is 22.1. The van der Waals surface area contributed by atoms with Crippen LogP contribution >= 0.6 is 11.8 Å². The lowest BCUT2D eigenvalue weighted by molar-refractivity contribution is -0.136. The monoisotopic (exact) mass is 471 g/mol. The van der Waals surface area contributed by atoms with E-state index in [1.165, 1.54) is 0 Å². The lowest BCUT2D eigenvalue weighted by Gasteiger charge is -2.20. The second-order valence-corrected chi connectivity index (χ2v) is 9.60. The lowest BCUT2D eigenvalue weighted by Crippen LogP contribution is -2.19. The third-order valence-corrected chi connectivity index (χ3v) is 7.29. The summed E-state index contributed by atoms with van der Waals surface area (Å²) in [6, 6.07) is 28.2. The number of carboxylic acids is 1. The van der Waals surface area contributed by atoms with E-state index >= 15 is 0 Å². The Morgan fingerprint density at radius 3 is 2.41 bits per heavy atom. The zero-order chi connectivity index (χ0) is 23.3. The van der Waals surface area contributed by atoms with Gasteiger partial charge in [-0.25, -0.2) is 0 Å². The van der Waals surface area contributed by atoms with Crippen LogP contribution in [-0.2, 0) is 11.4 Å². The van der Waals surface area contributed by atoms with Gasteiger partial charge in [-0.3, -0.25) is 9.89 Å². The van der Waals surface area contributed by atoms with E-state index in [0.717, 1.165) is 39.5 Å². The molecular weight excluding hydrogens is 446 g/mol. The number of fused-ring (bicyclic) bond motifs is 1. The summed E-state index contributed by atoms with van der Waals surface area (Å²) < 4.78 is 5.96. The molecule has 6 nitrogen and oxygen atoms in total. The summed E-state index contributed by atoms with van der Waals surface area (Å²) in [6.45, 7) is 1.05. The van der Waals surface area contributed by atoms with Crippen LogP contribution in [0, 0.1) is 0 Å². The Labute approximate surface area is 202 Å². The standard InChI is InChI=1S/C27H25N3O3S/c31-23(32)15-22-16-28-27-24(25(29-30-27)19-9-5-2-6-10-19)26(34-22)20-11-13-21(14-12-20)33-17-18-7-3-1-4-8-18/h1-14,22,26H,15-17H2,(H,31,32)(H2,28,29,30). The van der Waals surface area contributed by atoms with E-state index in [4.69, 9.17) is 4.74 Å². The first-order chi connectivity index (χ1) is 16.7. The smallest absolute Gasteiger partial charge is 0.304 e. The summed E-state index contributed by atoms with van der Waals surface area (Å²) in [6.07, 6.45) is 0.0844. The Morgan fingerprint density at radius 1 is 1.00 bits per heavy atom. The summed E-state index contributed by atoms with van der Waals surface area (Å²) in [7, 11) is 0. The number of thioether (sulfide) groups is 1. The number of nitrogens with zero attached hydrogens (tertiary/aromatic N) is 1. The molecule has 0 bridgehead atoms. The van der Waals surface area contributed by atoms with Gasteiger partial charge < -0.3 is 15.2 Å². The van der Waals surface area contributed by atoms with Crippen molar-refractivity contribution in [3.8, 4) is 17.0 Å². The van der Waals surface area contributed by atoms with Gasteiger partial charge in [-0.1, -0.05) is 72.8 Å². The van der Waals surface area contributed by atoms with Crippen molar-refractivity contribution in [2.24, 2.45) is 0 Å². The molecule has 0 saturated heterocycles. The highest BCUT2D eigenvalue weighted by Crippen LogP contribution is 2.47. The summed E-state index contributed by atoms with van der Waals surface area (Å²) >= 11 is 1.66. The SMILES string of the molecule is O=C(O)CC1CNc2n[nH]c(-c3ccccc3)c2C(c2ccc(OCc3ccccc3)cc2)S1. The van der Waals surface area contributed by atoms with Gasteiger partial charge in [0.05, 0.1) is 17.4 Å². The molecule has 5 rings (SSSR count). The topological polar surface area (TPSA) is 87.2 Å². The summed E-state index contributed by atoms with van der Waals surface area (Å²) in [5, 5.41) is 20.4. The van der Waals surface area contributed by atoms with E-state index < -0.39 is 5.97 Å². The Balaban J connectivity index is 1.45.